The van der Waals surface area contributed by atoms with Crippen LogP contribution < -0.4 is 4.74 Å². The molecule has 1 aromatic carbocycles. The zero-order valence-corrected chi connectivity index (χ0v) is 7.26. The van der Waals surface area contributed by atoms with Crippen LogP contribution in [-0.4, -0.2) is 12.9 Å². The van der Waals surface area contributed by atoms with Crippen LogP contribution in [0, 0.1) is 12.7 Å². The zero-order chi connectivity index (χ0) is 10.7. The van der Waals surface area contributed by atoms with E-state index in [1.54, 1.807) is 0 Å². The SMILES string of the molecule is Cc1cc(C=O)cc(F)c1OC(F)F. The van der Waals surface area contributed by atoms with Crippen molar-refractivity contribution < 1.29 is 22.7 Å². The predicted molar refractivity (Wildman–Crippen MR) is 43.2 cm³/mol. The molecule has 0 heterocycles. The second kappa shape index (κ2) is 4.13. The molecule has 0 aromatic heterocycles. The maximum absolute atomic E-state index is 13.0. The molecule has 0 saturated heterocycles. The van der Waals surface area contributed by atoms with Crippen molar-refractivity contribution in [2.24, 2.45) is 0 Å². The summed E-state index contributed by atoms with van der Waals surface area (Å²) < 4.78 is 40.6. The molecule has 76 valence electrons. The van der Waals surface area contributed by atoms with E-state index in [4.69, 9.17) is 0 Å². The highest BCUT2D eigenvalue weighted by atomic mass is 19.3. The first-order chi connectivity index (χ1) is 6.54. The van der Waals surface area contributed by atoms with Gasteiger partial charge in [-0.3, -0.25) is 4.79 Å². The highest BCUT2D eigenvalue weighted by molar-refractivity contribution is 5.75. The smallest absolute Gasteiger partial charge is 0.387 e. The fourth-order valence-electron chi connectivity index (χ4n) is 1.06. The second-order valence-electron chi connectivity index (χ2n) is 2.65. The number of ether oxygens (including phenoxy) is 1. The molecule has 0 aliphatic rings. The van der Waals surface area contributed by atoms with Crippen molar-refractivity contribution in [2.45, 2.75) is 13.5 Å². The Bertz CT molecular complexity index is 327. The Morgan fingerprint density at radius 1 is 1.43 bits per heavy atom. The maximum Gasteiger partial charge on any atom is 0.387 e. The highest BCUT2D eigenvalue weighted by Crippen LogP contribution is 2.24. The summed E-state index contributed by atoms with van der Waals surface area (Å²) >= 11 is 0. The number of aldehydes is 1. The summed E-state index contributed by atoms with van der Waals surface area (Å²) in [6.07, 6.45) is 0.433. The molecule has 0 aliphatic carbocycles. The fourth-order valence-corrected chi connectivity index (χ4v) is 1.06. The molecule has 0 saturated carbocycles. The highest BCUT2D eigenvalue weighted by Gasteiger charge is 2.13. The van der Waals surface area contributed by atoms with Crippen molar-refractivity contribution in [3.05, 3.63) is 29.1 Å². The minimum Gasteiger partial charge on any atom is -0.431 e. The molecule has 0 radical (unpaired) electrons. The number of benzene rings is 1. The van der Waals surface area contributed by atoms with Crippen molar-refractivity contribution >= 4 is 6.29 Å². The van der Waals surface area contributed by atoms with E-state index in [0.717, 1.165) is 6.07 Å². The monoisotopic (exact) mass is 204 g/mol. The van der Waals surface area contributed by atoms with E-state index >= 15 is 0 Å². The van der Waals surface area contributed by atoms with Crippen LogP contribution in [0.15, 0.2) is 12.1 Å². The molecular formula is C9H7F3O2. The van der Waals surface area contributed by atoms with E-state index in [-0.39, 0.29) is 11.1 Å². The van der Waals surface area contributed by atoms with E-state index in [1.165, 1.54) is 13.0 Å². The zero-order valence-electron chi connectivity index (χ0n) is 7.26. The minimum atomic E-state index is -3.08. The molecule has 1 aromatic rings. The number of hydrogen-bond acceptors (Lipinski definition) is 2. The summed E-state index contributed by atoms with van der Waals surface area (Å²) in [5.41, 5.74) is 0.244. The molecule has 5 heteroatoms. The Kier molecular flexibility index (Phi) is 3.11. The van der Waals surface area contributed by atoms with Gasteiger partial charge in [0.1, 0.15) is 6.29 Å². The van der Waals surface area contributed by atoms with Crippen molar-refractivity contribution in [3.8, 4) is 5.75 Å². The van der Waals surface area contributed by atoms with Gasteiger partial charge < -0.3 is 4.74 Å². The summed E-state index contributed by atoms with van der Waals surface area (Å²) in [5.74, 6) is -1.49. The first-order valence-electron chi connectivity index (χ1n) is 3.74. The lowest BCUT2D eigenvalue weighted by atomic mass is 10.1. The lowest BCUT2D eigenvalue weighted by molar-refractivity contribution is -0.0526. The first-order valence-corrected chi connectivity index (χ1v) is 3.74. The van der Waals surface area contributed by atoms with Crippen molar-refractivity contribution in [1.82, 2.24) is 0 Å². The van der Waals surface area contributed by atoms with E-state index in [0.29, 0.717) is 6.29 Å². The van der Waals surface area contributed by atoms with E-state index in [9.17, 15) is 18.0 Å². The first kappa shape index (κ1) is 10.6. The number of carbonyl (C=O) groups is 1. The van der Waals surface area contributed by atoms with Crippen LogP contribution in [0.25, 0.3) is 0 Å². The summed E-state index contributed by atoms with van der Waals surface area (Å²) in [5, 5.41) is 0. The minimum absolute atomic E-state index is 0.0848. The van der Waals surface area contributed by atoms with Gasteiger partial charge >= 0.3 is 6.61 Å². The Balaban J connectivity index is 3.11. The average Bonchev–Trinajstić information content (AvgIpc) is 2.10. The molecule has 0 fully saturated rings. The van der Waals surface area contributed by atoms with Gasteiger partial charge in [0.2, 0.25) is 0 Å². The quantitative estimate of drug-likeness (QED) is 0.707. The van der Waals surface area contributed by atoms with Crippen LogP contribution in [0.3, 0.4) is 0 Å². The Hall–Kier alpha value is -1.52. The van der Waals surface area contributed by atoms with Crippen LogP contribution in [0.4, 0.5) is 13.2 Å². The Labute approximate surface area is 78.3 Å². The number of carbonyl (C=O) groups excluding carboxylic acids is 1. The molecule has 1 rings (SSSR count). The van der Waals surface area contributed by atoms with Gasteiger partial charge in [-0.15, -0.1) is 0 Å². The molecule has 0 amide bonds. The van der Waals surface area contributed by atoms with Gasteiger partial charge in [-0.05, 0) is 24.6 Å². The molecule has 0 atom stereocenters. The average molecular weight is 204 g/mol. The standard InChI is InChI=1S/C9H7F3O2/c1-5-2-6(4-13)3-7(10)8(5)14-9(11)12/h2-4,9H,1H3. The van der Waals surface area contributed by atoms with Gasteiger partial charge in [-0.1, -0.05) is 0 Å². The van der Waals surface area contributed by atoms with Gasteiger partial charge in [0.15, 0.2) is 11.6 Å². The molecule has 0 N–H and O–H groups in total. The van der Waals surface area contributed by atoms with Gasteiger partial charge in [0.25, 0.3) is 0 Å². The predicted octanol–water partition coefficient (Wildman–Crippen LogP) is 2.55. The van der Waals surface area contributed by atoms with Gasteiger partial charge in [0, 0.05) is 5.56 Å². The molecule has 14 heavy (non-hydrogen) atoms. The van der Waals surface area contributed by atoms with E-state index < -0.39 is 18.2 Å². The number of rotatable bonds is 3. The summed E-state index contributed by atoms with van der Waals surface area (Å²) in [4.78, 5) is 10.3. The van der Waals surface area contributed by atoms with Crippen LogP contribution in [-0.2, 0) is 0 Å². The summed E-state index contributed by atoms with van der Waals surface area (Å²) in [6, 6.07) is 2.12. The van der Waals surface area contributed by atoms with Crippen LogP contribution in [0.1, 0.15) is 15.9 Å². The van der Waals surface area contributed by atoms with Crippen molar-refractivity contribution in [1.29, 1.82) is 0 Å². The van der Waals surface area contributed by atoms with Crippen molar-refractivity contribution in [2.75, 3.05) is 0 Å². The Morgan fingerprint density at radius 3 is 2.50 bits per heavy atom. The fraction of sp³-hybridized carbons (Fsp3) is 0.222. The summed E-state index contributed by atoms with van der Waals surface area (Å²) in [6.45, 7) is -1.70. The number of alkyl halides is 2. The molecule has 0 bridgehead atoms. The maximum atomic E-state index is 13.0. The van der Waals surface area contributed by atoms with Crippen LogP contribution in [0.2, 0.25) is 0 Å². The number of aryl methyl sites for hydroxylation is 1. The molecule has 0 unspecified atom stereocenters. The largest absolute Gasteiger partial charge is 0.431 e. The molecule has 0 spiro atoms. The lowest BCUT2D eigenvalue weighted by Crippen LogP contribution is -2.05. The normalized spacial score (nSPS) is 10.4. The van der Waals surface area contributed by atoms with Gasteiger partial charge in [0.05, 0.1) is 0 Å². The van der Waals surface area contributed by atoms with Gasteiger partial charge in [-0.25, -0.2) is 4.39 Å². The van der Waals surface area contributed by atoms with E-state index in [1.807, 2.05) is 0 Å². The third-order valence-corrected chi connectivity index (χ3v) is 1.59. The van der Waals surface area contributed by atoms with Gasteiger partial charge in [-0.2, -0.15) is 8.78 Å². The molecular weight excluding hydrogens is 197 g/mol. The van der Waals surface area contributed by atoms with Crippen molar-refractivity contribution in [3.63, 3.8) is 0 Å². The number of hydrogen-bond donors (Lipinski definition) is 0. The third-order valence-electron chi connectivity index (χ3n) is 1.59. The lowest BCUT2D eigenvalue weighted by Gasteiger charge is -2.08. The third kappa shape index (κ3) is 2.25. The topological polar surface area (TPSA) is 26.3 Å². The number of halogens is 3. The molecule has 0 aliphatic heterocycles. The summed E-state index contributed by atoms with van der Waals surface area (Å²) in [7, 11) is 0. The Morgan fingerprint density at radius 2 is 2.07 bits per heavy atom. The van der Waals surface area contributed by atoms with E-state index in [2.05, 4.69) is 4.74 Å². The van der Waals surface area contributed by atoms with Crippen LogP contribution in [0.5, 0.6) is 5.75 Å². The molecule has 2 nitrogen and oxygen atoms in total. The van der Waals surface area contributed by atoms with Crippen LogP contribution >= 0.6 is 0 Å². The second-order valence-corrected chi connectivity index (χ2v) is 2.65.